The summed E-state index contributed by atoms with van der Waals surface area (Å²) in [6, 6.07) is 4.46. The number of carbonyl (C=O) groups excluding carboxylic acids is 6. The first kappa shape index (κ1) is 77.6. The third-order valence-corrected chi connectivity index (χ3v) is 19.9. The number of primary amides is 1. The zero-order valence-corrected chi connectivity index (χ0v) is 57.7. The summed E-state index contributed by atoms with van der Waals surface area (Å²) in [7, 11) is 0. The van der Waals surface area contributed by atoms with Crippen LogP contribution in [0.1, 0.15) is 108 Å². The van der Waals surface area contributed by atoms with Gasteiger partial charge in [0.25, 0.3) is 0 Å². The van der Waals surface area contributed by atoms with Crippen molar-refractivity contribution in [3.05, 3.63) is 170 Å². The number of phenolic OH excluding ortho intramolecular Hbond substituents is 2. The van der Waals surface area contributed by atoms with E-state index in [-0.39, 0.29) is 34.0 Å². The standard InChI is InChI=1S/C71H78Cl2N8O25/c1-3-4-5-15-101-34-8-6-7-28(16-34)25-76-71(2)62(92)47(27-83)105-70(63(71)93)106-61-59(91)58(90)46(26-82)104-60(61)50-44-20-32-21-45(50)103-43-14-11-31(19-38(43)73)57(89)55-68(98)80-54(69(99)100)36-22-33(84)23-41(86)49(36)35-17-29(9-12-40(35)85)52(66(96)81-55)79-67(97)53(32)78-64(94)39(24-48(74)87)77-65(95)51(75)56(88)30-10-13-42(102-44)37(72)18-30/h3,6-14,16,18-23,35,39,46-47,51-63,70,76,82-86,88-93H,1,4-5,15,17,24-27,75H2,2H3,(H2,74,87)(H,77,95)(H,78,94)(H,79,97)(H,80,98)(H,81,96)(H,99,100). The number of aliphatic hydroxyl groups is 9. The lowest BCUT2D eigenvalue weighted by molar-refractivity contribution is -0.341. The lowest BCUT2D eigenvalue weighted by atomic mass is 9.79. The number of hydrogen-bond acceptors (Lipinski definition) is 26. The van der Waals surface area contributed by atoms with Crippen LogP contribution in [0.15, 0.2) is 121 Å². The molecule has 7 heterocycles. The Kier molecular flexibility index (Phi) is 23.6. The zero-order chi connectivity index (χ0) is 76.5. The Hall–Kier alpha value is -9.53. The first-order valence-corrected chi connectivity index (χ1v) is 34.1. The summed E-state index contributed by atoms with van der Waals surface area (Å²) in [5.74, 6) is -15.1. The molecule has 8 aliphatic rings. The molecule has 11 bridgehead atoms. The zero-order valence-electron chi connectivity index (χ0n) is 56.2. The van der Waals surface area contributed by atoms with Crippen LogP contribution in [0.25, 0.3) is 0 Å². The summed E-state index contributed by atoms with van der Waals surface area (Å²) >= 11 is 14.1. The van der Waals surface area contributed by atoms with Crippen LogP contribution in [0.5, 0.6) is 40.2 Å². The summed E-state index contributed by atoms with van der Waals surface area (Å²) < 4.78 is 38.6. The number of amides is 6. The van der Waals surface area contributed by atoms with Crippen molar-refractivity contribution in [1.29, 1.82) is 0 Å². The summed E-state index contributed by atoms with van der Waals surface area (Å²) in [4.78, 5) is 102. The number of allylic oxidation sites excluding steroid dienone is 4. The van der Waals surface area contributed by atoms with Crippen molar-refractivity contribution >= 4 is 64.6 Å². The SMILES string of the molecule is C=CCCCOc1cccc(CNC2(C)C(O)C(CO)OC(OC3C(c4c5cc6cc4Oc4ccc(cc4Cl)C(O)C4NC(=O)C(NC(=O)C6NC(=O)C(CC(N)=O)NC(=O)C(N)C(O)c6ccc(c(Cl)c6)O5)C5=CC=C(O)C(C5)c5c(O)cc(O)cc5C(C(=O)O)NC4=O)OC(CO)C(O)C3O)C2O)c1. The van der Waals surface area contributed by atoms with Gasteiger partial charge in [-0.1, -0.05) is 59.6 Å². The molecule has 19 unspecified atom stereocenters. The number of nitrogens with one attached hydrogen (secondary N) is 6. The Morgan fingerprint density at radius 2 is 1.36 bits per heavy atom. The molecule has 33 nitrogen and oxygen atoms in total. The number of hydrogen-bond donors (Lipinski definition) is 20. The molecule has 5 aromatic rings. The van der Waals surface area contributed by atoms with E-state index in [1.807, 2.05) is 0 Å². The lowest BCUT2D eigenvalue weighted by Crippen LogP contribution is -2.72. The number of aromatic hydroxyl groups is 2. The summed E-state index contributed by atoms with van der Waals surface area (Å²) in [6.45, 7) is 3.46. The number of fused-ring (bicyclic) bond motifs is 15. The van der Waals surface area contributed by atoms with E-state index in [9.17, 15) is 80.5 Å². The molecule has 7 aliphatic heterocycles. The maximum atomic E-state index is 16.1. The molecule has 22 N–H and O–H groups in total. The van der Waals surface area contributed by atoms with Crippen molar-refractivity contribution in [1.82, 2.24) is 31.9 Å². The van der Waals surface area contributed by atoms with Gasteiger partial charge < -0.3 is 133 Å². The topological polar surface area (TPSA) is 542 Å². The van der Waals surface area contributed by atoms with Crippen LogP contribution >= 0.6 is 23.2 Å². The smallest absolute Gasteiger partial charge is 0.330 e. The summed E-state index contributed by atoms with van der Waals surface area (Å²) in [5.41, 5.74) is 8.19. The van der Waals surface area contributed by atoms with E-state index < -0.39 is 244 Å². The predicted octanol–water partition coefficient (Wildman–Crippen LogP) is 0.581. The first-order valence-electron chi connectivity index (χ1n) is 33.3. The molecule has 0 saturated carbocycles. The van der Waals surface area contributed by atoms with Gasteiger partial charge in [0.15, 0.2) is 12.3 Å². The number of ether oxygens (including phenoxy) is 6. The van der Waals surface area contributed by atoms with E-state index in [1.54, 1.807) is 30.3 Å². The number of halogens is 2. The van der Waals surface area contributed by atoms with Crippen LogP contribution in [-0.2, 0) is 54.3 Å². The van der Waals surface area contributed by atoms with Crippen LogP contribution in [0, 0.1) is 0 Å². The van der Waals surface area contributed by atoms with Crippen LogP contribution in [0.3, 0.4) is 0 Å². The molecule has 2 fully saturated rings. The van der Waals surface area contributed by atoms with Gasteiger partial charge >= 0.3 is 5.97 Å². The second-order valence-electron chi connectivity index (χ2n) is 26.4. The minimum Gasteiger partial charge on any atom is -0.512 e. The quantitative estimate of drug-likeness (QED) is 0.0474. The number of carboxylic acid groups (broad SMARTS) is 1. The van der Waals surface area contributed by atoms with Gasteiger partial charge in [-0.2, -0.15) is 0 Å². The number of phenols is 2. The molecule has 0 radical (unpaired) electrons. The third-order valence-electron chi connectivity index (χ3n) is 19.3. The van der Waals surface area contributed by atoms with Gasteiger partial charge in [-0.05, 0) is 120 Å². The molecule has 5 aromatic carbocycles. The maximum Gasteiger partial charge on any atom is 0.330 e. The van der Waals surface area contributed by atoms with Crippen LogP contribution in [0.4, 0.5) is 0 Å². The largest absolute Gasteiger partial charge is 0.512 e. The Morgan fingerprint density at radius 3 is 1.99 bits per heavy atom. The Bertz CT molecular complexity index is 4320. The second kappa shape index (κ2) is 32.3. The number of rotatable bonds is 16. The van der Waals surface area contributed by atoms with Gasteiger partial charge in [0.1, 0.15) is 137 Å². The highest BCUT2D eigenvalue weighted by atomic mass is 35.5. The van der Waals surface area contributed by atoms with Gasteiger partial charge in [0.2, 0.25) is 35.4 Å². The number of aliphatic hydroxyl groups excluding tert-OH is 9. The van der Waals surface area contributed by atoms with Gasteiger partial charge in [-0.3, -0.25) is 28.8 Å². The minimum absolute atomic E-state index is 0.0656. The van der Waals surface area contributed by atoms with Crippen molar-refractivity contribution in [2.75, 3.05) is 19.8 Å². The summed E-state index contributed by atoms with van der Waals surface area (Å²) in [5, 5.41) is 154. The predicted molar refractivity (Wildman–Crippen MR) is 368 cm³/mol. The molecular weight excluding hydrogens is 1440 g/mol. The monoisotopic (exact) mass is 1510 g/mol. The molecule has 19 atom stereocenters. The van der Waals surface area contributed by atoms with Crippen molar-refractivity contribution in [3.63, 3.8) is 0 Å². The van der Waals surface area contributed by atoms with Crippen molar-refractivity contribution in [2.24, 2.45) is 11.5 Å². The van der Waals surface area contributed by atoms with E-state index in [2.05, 4.69) is 38.5 Å². The van der Waals surface area contributed by atoms with Gasteiger partial charge in [0, 0.05) is 24.1 Å². The first-order chi connectivity index (χ1) is 50.4. The van der Waals surface area contributed by atoms with Crippen LogP contribution < -0.4 is 57.6 Å². The van der Waals surface area contributed by atoms with Gasteiger partial charge in [0.05, 0.1) is 47.4 Å². The van der Waals surface area contributed by atoms with E-state index in [0.717, 1.165) is 60.7 Å². The minimum atomic E-state index is -2.34. The number of nitrogens with two attached hydrogens (primary N) is 2. The Balaban J connectivity index is 1.13. The van der Waals surface area contributed by atoms with Crippen molar-refractivity contribution < 1.29 is 123 Å². The molecule has 6 amide bonds. The Labute approximate surface area is 612 Å². The molecule has 2 saturated heterocycles. The maximum absolute atomic E-state index is 16.1. The number of carbonyl (C=O) groups is 7. The van der Waals surface area contributed by atoms with E-state index >= 15 is 14.4 Å². The highest BCUT2D eigenvalue weighted by molar-refractivity contribution is 6.32. The fraction of sp³-hybridized carbons (Fsp3) is 0.394. The number of unbranched alkanes of at least 4 members (excludes halogenated alkanes) is 1. The third kappa shape index (κ3) is 16.0. The molecule has 0 aromatic heterocycles. The van der Waals surface area contributed by atoms with Gasteiger partial charge in [-0.15, -0.1) is 6.58 Å². The molecule has 35 heteroatoms. The molecule has 106 heavy (non-hydrogen) atoms. The second-order valence-corrected chi connectivity index (χ2v) is 27.2. The average molecular weight is 1510 g/mol. The van der Waals surface area contributed by atoms with E-state index in [0.29, 0.717) is 30.8 Å². The number of aliphatic carboxylic acids is 1. The molecule has 13 rings (SSSR count). The summed E-state index contributed by atoms with van der Waals surface area (Å²) in [6.07, 6.45) is -18.2. The highest BCUT2D eigenvalue weighted by Gasteiger charge is 2.57. The Morgan fingerprint density at radius 1 is 0.708 bits per heavy atom. The fourth-order valence-electron chi connectivity index (χ4n) is 13.5. The highest BCUT2D eigenvalue weighted by Crippen LogP contribution is 2.51. The molecule has 1 aliphatic carbocycles. The van der Waals surface area contributed by atoms with E-state index in [4.69, 9.17) is 63.1 Å². The molecule has 0 spiro atoms. The normalized spacial score (nSPS) is 30.4. The average Bonchev–Trinajstić information content (AvgIpc) is 0.757. The van der Waals surface area contributed by atoms with E-state index in [1.165, 1.54) is 19.1 Å². The van der Waals surface area contributed by atoms with Crippen molar-refractivity contribution in [3.8, 4) is 40.2 Å². The number of carboxylic acids is 1. The number of benzene rings is 5. The lowest BCUT2D eigenvalue weighted by Gasteiger charge is -2.51. The van der Waals surface area contributed by atoms with Crippen LogP contribution in [-0.4, -0.2) is 201 Å². The molecule has 566 valence electrons. The van der Waals surface area contributed by atoms with Crippen molar-refractivity contribution in [2.45, 2.75) is 154 Å². The molecular formula is C71H78Cl2N8O25. The fourth-order valence-corrected chi connectivity index (χ4v) is 14.0. The van der Waals surface area contributed by atoms with Crippen LogP contribution in [0.2, 0.25) is 10.0 Å². The van der Waals surface area contributed by atoms with Gasteiger partial charge in [-0.25, -0.2) is 4.79 Å².